The average Bonchev–Trinajstić information content (AvgIpc) is 3.15. The van der Waals surface area contributed by atoms with E-state index in [0.717, 1.165) is 6.07 Å². The number of ether oxygens (including phenoxy) is 2. The van der Waals surface area contributed by atoms with E-state index in [1.54, 1.807) is 12.1 Å². The molecule has 0 N–H and O–H groups in total. The molecule has 2 aromatic rings. The number of halogens is 3. The van der Waals surface area contributed by atoms with E-state index >= 15 is 0 Å². The number of Topliss-reactive ketones (excluding diaryl/α,β-unsaturated/α-hetero) is 1. The summed E-state index contributed by atoms with van der Waals surface area (Å²) in [7, 11) is 0. The molecule has 1 saturated heterocycles. The highest BCUT2D eigenvalue weighted by Gasteiger charge is 2.40. The third-order valence-corrected chi connectivity index (χ3v) is 4.98. The fourth-order valence-corrected chi connectivity index (χ4v) is 3.51. The van der Waals surface area contributed by atoms with Gasteiger partial charge in [-0.05, 0) is 24.3 Å². The molecule has 0 spiro atoms. The minimum absolute atomic E-state index is 0.0900. The number of morpholine rings is 1. The summed E-state index contributed by atoms with van der Waals surface area (Å²) in [5.41, 5.74) is 0. The second kappa shape index (κ2) is 8.10. The number of alkyl halides is 3. The van der Waals surface area contributed by atoms with Gasteiger partial charge in [0.15, 0.2) is 0 Å². The Balaban J connectivity index is 1.60. The van der Waals surface area contributed by atoms with Crippen molar-refractivity contribution in [3.05, 3.63) is 52.2 Å². The lowest BCUT2D eigenvalue weighted by molar-refractivity contribution is -0.0882. The molecular weight excluding hydrogens is 383 g/mol. The third-order valence-electron chi connectivity index (χ3n) is 3.90. The fourth-order valence-electron chi connectivity index (χ4n) is 2.58. The number of nitrogens with zero attached hydrogens (tertiary/aromatic N) is 1. The summed E-state index contributed by atoms with van der Waals surface area (Å²) in [6, 6.07) is 11.4. The summed E-state index contributed by atoms with van der Waals surface area (Å²) in [6.07, 6.45) is -5.30. The molecule has 2 heterocycles. The van der Waals surface area contributed by atoms with E-state index in [9.17, 15) is 22.8 Å². The summed E-state index contributed by atoms with van der Waals surface area (Å²) < 4.78 is 48.7. The first-order chi connectivity index (χ1) is 12.8. The first-order valence-corrected chi connectivity index (χ1v) is 8.96. The highest BCUT2D eigenvalue weighted by molar-refractivity contribution is 7.16. The molecule has 0 bridgehead atoms. The number of thiophene rings is 1. The Bertz CT molecular complexity index is 806. The Morgan fingerprint density at radius 1 is 1.15 bits per heavy atom. The lowest BCUT2D eigenvalue weighted by Gasteiger charge is -2.32. The van der Waals surface area contributed by atoms with Crippen molar-refractivity contribution in [1.29, 1.82) is 0 Å². The summed E-state index contributed by atoms with van der Waals surface area (Å²) in [5.74, 6) is -1.69. The van der Waals surface area contributed by atoms with Gasteiger partial charge in [-0.2, -0.15) is 13.2 Å². The largest absolute Gasteiger partial charge is 0.491 e. The number of hydrogen-bond donors (Lipinski definition) is 0. The van der Waals surface area contributed by atoms with Crippen LogP contribution < -0.4 is 4.74 Å². The van der Waals surface area contributed by atoms with Crippen LogP contribution in [0.25, 0.3) is 0 Å². The van der Waals surface area contributed by atoms with Crippen LogP contribution in [0.2, 0.25) is 0 Å². The standard InChI is InChI=1S/C18H16F3NO4S/c19-18(20,21)16(23)14-6-7-15(27-14)17(24)22-8-9-25-13(10-22)11-26-12-4-2-1-3-5-12/h1-7,13H,8-11H2. The molecule has 144 valence electrons. The molecular formula is C18H16F3NO4S. The maximum atomic E-state index is 12.6. The van der Waals surface area contributed by atoms with E-state index in [4.69, 9.17) is 9.47 Å². The van der Waals surface area contributed by atoms with Gasteiger partial charge in [0.05, 0.1) is 22.9 Å². The molecule has 9 heteroatoms. The highest BCUT2D eigenvalue weighted by atomic mass is 32.1. The van der Waals surface area contributed by atoms with Crippen LogP contribution in [0.1, 0.15) is 19.3 Å². The van der Waals surface area contributed by atoms with E-state index in [0.29, 0.717) is 30.2 Å². The molecule has 1 unspecified atom stereocenters. The van der Waals surface area contributed by atoms with Crippen LogP contribution in [0.3, 0.4) is 0 Å². The quantitative estimate of drug-likeness (QED) is 0.723. The van der Waals surface area contributed by atoms with E-state index in [1.165, 1.54) is 11.0 Å². The Kier molecular flexibility index (Phi) is 5.81. The summed E-state index contributed by atoms with van der Waals surface area (Å²) in [6.45, 7) is 1.12. The van der Waals surface area contributed by atoms with Crippen LogP contribution >= 0.6 is 11.3 Å². The number of amides is 1. The van der Waals surface area contributed by atoms with Crippen molar-refractivity contribution in [3.8, 4) is 5.75 Å². The molecule has 1 amide bonds. The first-order valence-electron chi connectivity index (χ1n) is 8.14. The zero-order valence-electron chi connectivity index (χ0n) is 14.1. The van der Waals surface area contributed by atoms with Crippen molar-refractivity contribution in [3.63, 3.8) is 0 Å². The van der Waals surface area contributed by atoms with Crippen molar-refractivity contribution < 1.29 is 32.2 Å². The van der Waals surface area contributed by atoms with Crippen molar-refractivity contribution in [2.45, 2.75) is 12.3 Å². The monoisotopic (exact) mass is 399 g/mol. The van der Waals surface area contributed by atoms with Gasteiger partial charge in [-0.3, -0.25) is 9.59 Å². The predicted octanol–water partition coefficient (Wildman–Crippen LogP) is 3.41. The van der Waals surface area contributed by atoms with Crippen LogP contribution in [-0.2, 0) is 4.74 Å². The number of carbonyl (C=O) groups is 2. The molecule has 1 aliphatic heterocycles. The topological polar surface area (TPSA) is 55.8 Å². The van der Waals surface area contributed by atoms with Gasteiger partial charge in [-0.25, -0.2) is 0 Å². The number of ketones is 1. The maximum Gasteiger partial charge on any atom is 0.455 e. The Hall–Kier alpha value is -2.39. The number of para-hydroxylation sites is 1. The lowest BCUT2D eigenvalue weighted by atomic mass is 10.2. The van der Waals surface area contributed by atoms with Gasteiger partial charge in [0.2, 0.25) is 0 Å². The predicted molar refractivity (Wildman–Crippen MR) is 92.3 cm³/mol. The summed E-state index contributed by atoms with van der Waals surface area (Å²) in [5, 5.41) is 0. The minimum atomic E-state index is -4.95. The molecule has 1 atom stereocenters. The number of carbonyl (C=O) groups excluding carboxylic acids is 2. The first kappa shape index (κ1) is 19.4. The van der Waals surface area contributed by atoms with Crippen molar-refractivity contribution in [2.24, 2.45) is 0 Å². The fraction of sp³-hybridized carbons (Fsp3) is 0.333. The highest BCUT2D eigenvalue weighted by Crippen LogP contribution is 2.27. The lowest BCUT2D eigenvalue weighted by Crippen LogP contribution is -2.47. The normalized spacial score (nSPS) is 17.6. The van der Waals surface area contributed by atoms with Gasteiger partial charge in [-0.15, -0.1) is 11.3 Å². The third kappa shape index (κ3) is 4.86. The SMILES string of the molecule is O=C(c1ccc(C(=O)C(F)(F)F)s1)N1CCOC(COc2ccccc2)C1. The Morgan fingerprint density at radius 2 is 1.85 bits per heavy atom. The van der Waals surface area contributed by atoms with Crippen LogP contribution in [0.5, 0.6) is 5.75 Å². The molecule has 3 rings (SSSR count). The number of rotatable bonds is 5. The summed E-state index contributed by atoms with van der Waals surface area (Å²) in [4.78, 5) is 24.9. The van der Waals surface area contributed by atoms with Gasteiger partial charge in [0.1, 0.15) is 18.5 Å². The number of hydrogen-bond acceptors (Lipinski definition) is 5. The average molecular weight is 399 g/mol. The van der Waals surface area contributed by atoms with Gasteiger partial charge in [0.25, 0.3) is 11.7 Å². The van der Waals surface area contributed by atoms with Gasteiger partial charge < -0.3 is 14.4 Å². The van der Waals surface area contributed by atoms with Gasteiger partial charge in [-0.1, -0.05) is 18.2 Å². The summed E-state index contributed by atoms with van der Waals surface area (Å²) >= 11 is 0.548. The molecule has 0 radical (unpaired) electrons. The number of benzene rings is 1. The minimum Gasteiger partial charge on any atom is -0.491 e. The van der Waals surface area contributed by atoms with E-state index in [1.807, 2.05) is 18.2 Å². The van der Waals surface area contributed by atoms with Gasteiger partial charge in [0, 0.05) is 6.54 Å². The molecule has 1 fully saturated rings. The smallest absolute Gasteiger partial charge is 0.455 e. The zero-order chi connectivity index (χ0) is 19.4. The molecule has 1 aromatic heterocycles. The van der Waals surface area contributed by atoms with E-state index in [2.05, 4.69) is 0 Å². The second-order valence-corrected chi connectivity index (χ2v) is 6.94. The molecule has 5 nitrogen and oxygen atoms in total. The van der Waals surface area contributed by atoms with E-state index < -0.39 is 22.7 Å². The van der Waals surface area contributed by atoms with Crippen LogP contribution in [0.15, 0.2) is 42.5 Å². The van der Waals surface area contributed by atoms with Crippen LogP contribution in [0.4, 0.5) is 13.2 Å². The molecule has 1 aliphatic rings. The molecule has 1 aromatic carbocycles. The van der Waals surface area contributed by atoms with Crippen LogP contribution in [-0.4, -0.2) is 55.2 Å². The second-order valence-electron chi connectivity index (χ2n) is 5.86. The van der Waals surface area contributed by atoms with E-state index in [-0.39, 0.29) is 24.1 Å². The molecule has 0 aliphatic carbocycles. The van der Waals surface area contributed by atoms with Crippen molar-refractivity contribution in [1.82, 2.24) is 4.90 Å². The molecule has 0 saturated carbocycles. The zero-order valence-corrected chi connectivity index (χ0v) is 14.9. The molecule has 27 heavy (non-hydrogen) atoms. The van der Waals surface area contributed by atoms with Crippen LogP contribution in [0, 0.1) is 0 Å². The Labute approximate surface area is 157 Å². The Morgan fingerprint density at radius 3 is 2.56 bits per heavy atom. The maximum absolute atomic E-state index is 12.6. The van der Waals surface area contributed by atoms with Gasteiger partial charge >= 0.3 is 6.18 Å². The van der Waals surface area contributed by atoms with Crippen molar-refractivity contribution in [2.75, 3.05) is 26.3 Å². The van der Waals surface area contributed by atoms with Crippen molar-refractivity contribution >= 4 is 23.0 Å².